The molecule has 0 atom stereocenters. The quantitative estimate of drug-likeness (QED) is 0.258. The van der Waals surface area contributed by atoms with Crippen LogP contribution < -0.4 is 5.62 Å². The van der Waals surface area contributed by atoms with E-state index in [2.05, 4.69) is 103 Å². The van der Waals surface area contributed by atoms with E-state index in [9.17, 15) is 0 Å². The van der Waals surface area contributed by atoms with Crippen molar-refractivity contribution in [3.63, 3.8) is 0 Å². The van der Waals surface area contributed by atoms with Crippen molar-refractivity contribution in [3.8, 4) is 11.4 Å². The molecule has 32 heavy (non-hydrogen) atoms. The van der Waals surface area contributed by atoms with E-state index < -0.39 is 0 Å². The van der Waals surface area contributed by atoms with Gasteiger partial charge >= 0.3 is 0 Å². The standard InChI is InChI=1S/C27H29N5/c1-18-14-20(3)25(21(4)15-18)31-12-13-32(26-22(5)16-19(2)17-23(26)6)27(31)29-30-28-24-10-8-7-9-11-24/h7-17H,1-6H3. The molecule has 0 saturated carbocycles. The summed E-state index contributed by atoms with van der Waals surface area (Å²) in [6, 6.07) is 18.5. The maximum absolute atomic E-state index is 4.61. The molecule has 5 nitrogen and oxygen atoms in total. The van der Waals surface area contributed by atoms with Crippen molar-refractivity contribution in [2.75, 3.05) is 0 Å². The van der Waals surface area contributed by atoms with Gasteiger partial charge in [-0.05, 0) is 81.2 Å². The van der Waals surface area contributed by atoms with Gasteiger partial charge in [0.1, 0.15) is 0 Å². The number of nitrogens with zero attached hydrogens (tertiary/aromatic N) is 5. The van der Waals surface area contributed by atoms with Crippen LogP contribution in [-0.4, -0.2) is 9.13 Å². The Morgan fingerprint density at radius 2 is 1.03 bits per heavy atom. The fraction of sp³-hybridized carbons (Fsp3) is 0.222. The van der Waals surface area contributed by atoms with Crippen molar-refractivity contribution in [2.45, 2.75) is 41.5 Å². The second-order valence-corrected chi connectivity index (χ2v) is 8.46. The van der Waals surface area contributed by atoms with Gasteiger partial charge in [0.25, 0.3) is 0 Å². The fourth-order valence-corrected chi connectivity index (χ4v) is 4.54. The van der Waals surface area contributed by atoms with Crippen molar-refractivity contribution >= 4 is 5.69 Å². The number of hydrogen-bond donors (Lipinski definition) is 0. The van der Waals surface area contributed by atoms with E-state index in [0.29, 0.717) is 5.62 Å². The highest BCUT2D eigenvalue weighted by Crippen LogP contribution is 2.23. The van der Waals surface area contributed by atoms with Crippen LogP contribution in [0.4, 0.5) is 5.69 Å². The lowest BCUT2D eigenvalue weighted by molar-refractivity contribution is 0.802. The molecule has 0 spiro atoms. The molecule has 0 radical (unpaired) electrons. The van der Waals surface area contributed by atoms with Gasteiger partial charge < -0.3 is 0 Å². The molecule has 0 N–H and O–H groups in total. The minimum absolute atomic E-state index is 0.704. The predicted molar refractivity (Wildman–Crippen MR) is 130 cm³/mol. The van der Waals surface area contributed by atoms with E-state index in [1.54, 1.807) is 0 Å². The second-order valence-electron chi connectivity index (χ2n) is 8.46. The summed E-state index contributed by atoms with van der Waals surface area (Å²) in [5, 5.41) is 13.1. The fourth-order valence-electron chi connectivity index (χ4n) is 4.54. The third kappa shape index (κ3) is 4.19. The van der Waals surface area contributed by atoms with Gasteiger partial charge in [-0.1, -0.05) is 58.7 Å². The van der Waals surface area contributed by atoms with Crippen molar-refractivity contribution in [3.05, 3.63) is 106 Å². The topological polar surface area (TPSA) is 46.9 Å². The molecular formula is C27H29N5. The summed E-state index contributed by atoms with van der Waals surface area (Å²) in [4.78, 5) is 0. The molecule has 4 aromatic rings. The first-order valence-corrected chi connectivity index (χ1v) is 10.8. The molecule has 4 rings (SSSR count). The first-order chi connectivity index (χ1) is 15.3. The highest BCUT2D eigenvalue weighted by atomic mass is 15.4. The number of imidazole rings is 1. The molecule has 162 valence electrons. The molecule has 0 unspecified atom stereocenters. The summed E-state index contributed by atoms with van der Waals surface area (Å²) in [6.45, 7) is 12.8. The summed E-state index contributed by atoms with van der Waals surface area (Å²) < 4.78 is 4.21. The average Bonchev–Trinajstić information content (AvgIpc) is 3.10. The molecule has 0 amide bonds. The van der Waals surface area contributed by atoms with Crippen LogP contribution in [0.2, 0.25) is 0 Å². The maximum atomic E-state index is 4.61. The molecule has 0 saturated heterocycles. The number of benzene rings is 3. The summed E-state index contributed by atoms with van der Waals surface area (Å²) in [5.41, 5.74) is 11.0. The van der Waals surface area contributed by atoms with Gasteiger partial charge in [-0.2, -0.15) is 0 Å². The molecule has 1 aromatic heterocycles. The van der Waals surface area contributed by atoms with Crippen molar-refractivity contribution in [1.82, 2.24) is 9.13 Å². The number of aromatic nitrogens is 2. The Morgan fingerprint density at radius 3 is 1.47 bits per heavy atom. The first kappa shape index (κ1) is 21.5. The second kappa shape index (κ2) is 8.79. The summed E-state index contributed by atoms with van der Waals surface area (Å²) in [7, 11) is 0. The van der Waals surface area contributed by atoms with Crippen LogP contribution >= 0.6 is 0 Å². The summed E-state index contributed by atoms with van der Waals surface area (Å²) in [6.07, 6.45) is 4.11. The molecule has 0 bridgehead atoms. The van der Waals surface area contributed by atoms with Crippen LogP contribution in [0.15, 0.2) is 82.4 Å². The zero-order chi connectivity index (χ0) is 22.8. The number of hydrogen-bond acceptors (Lipinski definition) is 2. The largest absolute Gasteiger partial charge is 0.284 e. The molecule has 3 aromatic carbocycles. The lowest BCUT2D eigenvalue weighted by Crippen LogP contribution is -2.25. The molecule has 0 aliphatic carbocycles. The van der Waals surface area contributed by atoms with E-state index in [1.165, 1.54) is 33.4 Å². The smallest absolute Gasteiger partial charge is 0.240 e. The molecule has 5 heteroatoms. The van der Waals surface area contributed by atoms with Gasteiger partial charge in [0.15, 0.2) is 0 Å². The van der Waals surface area contributed by atoms with Gasteiger partial charge in [0, 0.05) is 12.4 Å². The normalized spacial score (nSPS) is 11.3. The van der Waals surface area contributed by atoms with Crippen LogP contribution in [0.5, 0.6) is 0 Å². The van der Waals surface area contributed by atoms with Gasteiger partial charge in [-0.15, -0.1) is 5.11 Å². The third-order valence-corrected chi connectivity index (χ3v) is 5.60. The van der Waals surface area contributed by atoms with Crippen LogP contribution in [0.25, 0.3) is 11.4 Å². The third-order valence-electron chi connectivity index (χ3n) is 5.60. The average molecular weight is 424 g/mol. The predicted octanol–water partition coefficient (Wildman–Crippen LogP) is 6.72. The zero-order valence-corrected chi connectivity index (χ0v) is 19.6. The molecular weight excluding hydrogens is 394 g/mol. The number of aryl methyl sites for hydroxylation is 6. The van der Waals surface area contributed by atoms with E-state index in [1.807, 2.05) is 30.3 Å². The summed E-state index contributed by atoms with van der Waals surface area (Å²) >= 11 is 0. The van der Waals surface area contributed by atoms with Crippen molar-refractivity contribution in [2.24, 2.45) is 15.4 Å². The lowest BCUT2D eigenvalue weighted by Gasteiger charge is -2.14. The Bertz CT molecular complexity index is 1250. The molecule has 0 aliphatic rings. The Balaban J connectivity index is 1.97. The maximum Gasteiger partial charge on any atom is 0.240 e. The van der Waals surface area contributed by atoms with Crippen LogP contribution in [-0.2, 0) is 0 Å². The summed E-state index contributed by atoms with van der Waals surface area (Å²) in [5.74, 6) is 0. The van der Waals surface area contributed by atoms with E-state index >= 15 is 0 Å². The van der Waals surface area contributed by atoms with Crippen LogP contribution in [0.1, 0.15) is 33.4 Å². The number of rotatable bonds is 4. The van der Waals surface area contributed by atoms with Crippen LogP contribution in [0.3, 0.4) is 0 Å². The molecule has 1 heterocycles. The van der Waals surface area contributed by atoms with Crippen molar-refractivity contribution < 1.29 is 0 Å². The van der Waals surface area contributed by atoms with E-state index in [4.69, 9.17) is 0 Å². The SMILES string of the molecule is Cc1cc(C)c(-n2ccn(-c3c(C)cc(C)cc3C)c2=NN=Nc2ccccc2)c(C)c1. The Morgan fingerprint density at radius 1 is 0.594 bits per heavy atom. The van der Waals surface area contributed by atoms with E-state index in [0.717, 1.165) is 17.1 Å². The van der Waals surface area contributed by atoms with Gasteiger partial charge in [-0.3, -0.25) is 9.13 Å². The Labute approximate surface area is 189 Å². The Kier molecular flexibility index (Phi) is 5.91. The highest BCUT2D eigenvalue weighted by Gasteiger charge is 2.14. The molecule has 0 fully saturated rings. The lowest BCUT2D eigenvalue weighted by atomic mass is 10.0. The first-order valence-electron chi connectivity index (χ1n) is 10.8. The Hall–Kier alpha value is -3.73. The van der Waals surface area contributed by atoms with E-state index in [-0.39, 0.29) is 0 Å². The van der Waals surface area contributed by atoms with Crippen molar-refractivity contribution in [1.29, 1.82) is 0 Å². The van der Waals surface area contributed by atoms with Crippen LogP contribution in [0, 0.1) is 41.5 Å². The van der Waals surface area contributed by atoms with Gasteiger partial charge in [-0.25, -0.2) is 0 Å². The van der Waals surface area contributed by atoms with Gasteiger partial charge in [0.05, 0.1) is 17.1 Å². The zero-order valence-electron chi connectivity index (χ0n) is 19.6. The van der Waals surface area contributed by atoms with Gasteiger partial charge in [0.2, 0.25) is 5.62 Å². The highest BCUT2D eigenvalue weighted by molar-refractivity contribution is 5.52. The molecule has 0 aliphatic heterocycles. The minimum atomic E-state index is 0.704. The monoisotopic (exact) mass is 423 g/mol. The minimum Gasteiger partial charge on any atom is -0.284 e.